The molecule has 0 aromatic heterocycles. The van der Waals surface area contributed by atoms with Gasteiger partial charge in [0.1, 0.15) is 0 Å². The maximum Gasteiger partial charge on any atom is 0.230 e. The molecule has 1 aromatic rings. The van der Waals surface area contributed by atoms with Gasteiger partial charge >= 0.3 is 0 Å². The van der Waals surface area contributed by atoms with Crippen LogP contribution >= 0.6 is 15.9 Å². The molecule has 0 spiro atoms. The molecule has 1 N–H and O–H groups in total. The summed E-state index contributed by atoms with van der Waals surface area (Å²) in [5.74, 6) is 0.112. The molecule has 1 saturated carbocycles. The average Bonchev–Trinajstić information content (AvgIpc) is 3.10. The van der Waals surface area contributed by atoms with E-state index in [1.165, 1.54) is 0 Å². The Hall–Kier alpha value is -0.830. The van der Waals surface area contributed by atoms with Crippen LogP contribution in [0.2, 0.25) is 0 Å². The number of rotatable bonds is 4. The predicted molar refractivity (Wildman–Crippen MR) is 73.4 cm³/mol. The minimum absolute atomic E-state index is 0.0170. The highest BCUT2D eigenvalue weighted by molar-refractivity contribution is 9.09. The van der Waals surface area contributed by atoms with E-state index in [0.29, 0.717) is 0 Å². The van der Waals surface area contributed by atoms with E-state index in [4.69, 9.17) is 0 Å². The van der Waals surface area contributed by atoms with Gasteiger partial charge in [0, 0.05) is 10.9 Å². The fraction of sp³-hybridized carbons (Fsp3) is 0.500. The molecule has 17 heavy (non-hydrogen) atoms. The molecule has 1 aliphatic carbocycles. The predicted octanol–water partition coefficient (Wildman–Crippen LogP) is 3.01. The first-order valence-electron chi connectivity index (χ1n) is 5.94. The highest BCUT2D eigenvalue weighted by Gasteiger charge is 2.45. The lowest BCUT2D eigenvalue weighted by Crippen LogP contribution is -2.47. The van der Waals surface area contributed by atoms with Gasteiger partial charge in [-0.05, 0) is 32.3 Å². The van der Waals surface area contributed by atoms with Gasteiger partial charge in [-0.2, -0.15) is 0 Å². The minimum Gasteiger partial charge on any atom is -0.349 e. The molecule has 2 nitrogen and oxygen atoms in total. The molecule has 0 aliphatic heterocycles. The summed E-state index contributed by atoms with van der Waals surface area (Å²) in [6.45, 7) is 3.95. The number of benzene rings is 1. The second-order valence-corrected chi connectivity index (χ2v) is 5.92. The monoisotopic (exact) mass is 295 g/mol. The molecule has 0 radical (unpaired) electrons. The van der Waals surface area contributed by atoms with Crippen LogP contribution in [0.5, 0.6) is 0 Å². The van der Waals surface area contributed by atoms with Gasteiger partial charge in [-0.25, -0.2) is 0 Å². The number of hydrogen-bond acceptors (Lipinski definition) is 1. The molecule has 1 fully saturated rings. The third kappa shape index (κ3) is 2.54. The SMILES string of the molecule is CC(C)(C(=O)NC1(CBr)CC1)c1ccccc1. The van der Waals surface area contributed by atoms with E-state index < -0.39 is 5.41 Å². The number of alkyl halides is 1. The topological polar surface area (TPSA) is 29.1 Å². The third-order valence-corrected chi connectivity index (χ3v) is 4.62. The molecular formula is C14H18BrNO. The highest BCUT2D eigenvalue weighted by atomic mass is 79.9. The summed E-state index contributed by atoms with van der Waals surface area (Å²) in [6.07, 6.45) is 2.16. The van der Waals surface area contributed by atoms with Crippen molar-refractivity contribution in [3.8, 4) is 0 Å². The quantitative estimate of drug-likeness (QED) is 0.850. The fourth-order valence-electron chi connectivity index (χ4n) is 1.83. The molecule has 92 valence electrons. The first-order chi connectivity index (χ1) is 8.00. The van der Waals surface area contributed by atoms with Gasteiger partial charge in [0.25, 0.3) is 0 Å². The number of carbonyl (C=O) groups excluding carboxylic acids is 1. The van der Waals surface area contributed by atoms with Gasteiger partial charge in [-0.3, -0.25) is 4.79 Å². The summed E-state index contributed by atoms with van der Waals surface area (Å²) in [5.41, 5.74) is 0.602. The minimum atomic E-state index is -0.473. The van der Waals surface area contributed by atoms with Crippen LogP contribution in [0.25, 0.3) is 0 Å². The van der Waals surface area contributed by atoms with Crippen molar-refractivity contribution in [2.45, 2.75) is 37.6 Å². The van der Waals surface area contributed by atoms with Crippen molar-refractivity contribution < 1.29 is 4.79 Å². The molecule has 1 aliphatic rings. The number of nitrogens with one attached hydrogen (secondary N) is 1. The van der Waals surface area contributed by atoms with Crippen molar-refractivity contribution in [1.29, 1.82) is 0 Å². The average molecular weight is 296 g/mol. The zero-order valence-electron chi connectivity index (χ0n) is 10.3. The number of halogens is 1. The molecule has 1 aromatic carbocycles. The van der Waals surface area contributed by atoms with E-state index in [2.05, 4.69) is 21.2 Å². The number of amides is 1. The van der Waals surface area contributed by atoms with Gasteiger partial charge in [0.05, 0.1) is 5.41 Å². The van der Waals surface area contributed by atoms with Gasteiger partial charge in [-0.15, -0.1) is 0 Å². The standard InChI is InChI=1S/C14H18BrNO/c1-13(2,11-6-4-3-5-7-11)12(17)16-14(10-15)8-9-14/h3-7H,8-10H2,1-2H3,(H,16,17). The Kier molecular flexibility index (Phi) is 3.30. The summed E-state index contributed by atoms with van der Waals surface area (Å²) in [7, 11) is 0. The molecule has 0 saturated heterocycles. The molecule has 0 heterocycles. The van der Waals surface area contributed by atoms with Crippen LogP contribution < -0.4 is 5.32 Å². The van der Waals surface area contributed by atoms with Crippen molar-refractivity contribution in [2.75, 3.05) is 5.33 Å². The van der Waals surface area contributed by atoms with Crippen molar-refractivity contribution in [1.82, 2.24) is 5.32 Å². The maximum absolute atomic E-state index is 12.3. The van der Waals surface area contributed by atoms with Crippen molar-refractivity contribution >= 4 is 21.8 Å². The zero-order chi connectivity index (χ0) is 12.5. The number of hydrogen-bond donors (Lipinski definition) is 1. The second-order valence-electron chi connectivity index (χ2n) is 5.36. The van der Waals surface area contributed by atoms with Crippen LogP contribution in [-0.2, 0) is 10.2 Å². The van der Waals surface area contributed by atoms with Gasteiger partial charge in [-0.1, -0.05) is 46.3 Å². The summed E-state index contributed by atoms with van der Waals surface area (Å²) in [4.78, 5) is 12.3. The van der Waals surface area contributed by atoms with Crippen LogP contribution in [0.3, 0.4) is 0 Å². The lowest BCUT2D eigenvalue weighted by molar-refractivity contribution is -0.126. The lowest BCUT2D eigenvalue weighted by atomic mass is 9.83. The Morgan fingerprint density at radius 1 is 1.35 bits per heavy atom. The van der Waals surface area contributed by atoms with E-state index in [-0.39, 0.29) is 11.4 Å². The first-order valence-corrected chi connectivity index (χ1v) is 7.06. The fourth-order valence-corrected chi connectivity index (χ4v) is 2.53. The summed E-state index contributed by atoms with van der Waals surface area (Å²) in [6, 6.07) is 9.93. The maximum atomic E-state index is 12.3. The van der Waals surface area contributed by atoms with E-state index in [1.807, 2.05) is 44.2 Å². The molecule has 1 amide bonds. The van der Waals surface area contributed by atoms with E-state index in [9.17, 15) is 4.79 Å². The van der Waals surface area contributed by atoms with Crippen molar-refractivity contribution in [3.05, 3.63) is 35.9 Å². The van der Waals surface area contributed by atoms with Gasteiger partial charge in [0.15, 0.2) is 0 Å². The highest BCUT2D eigenvalue weighted by Crippen LogP contribution is 2.38. The third-order valence-electron chi connectivity index (χ3n) is 3.55. The van der Waals surface area contributed by atoms with Crippen LogP contribution in [0.4, 0.5) is 0 Å². The first kappa shape index (κ1) is 12.6. The summed E-state index contributed by atoms with van der Waals surface area (Å²) < 4.78 is 0. The van der Waals surface area contributed by atoms with Crippen LogP contribution in [-0.4, -0.2) is 16.8 Å². The van der Waals surface area contributed by atoms with Crippen LogP contribution in [0.1, 0.15) is 32.3 Å². The Bertz CT molecular complexity index is 409. The molecule has 0 atom stereocenters. The molecule has 3 heteroatoms. The summed E-state index contributed by atoms with van der Waals surface area (Å²) >= 11 is 3.47. The Labute approximate surface area is 111 Å². The van der Waals surface area contributed by atoms with E-state index in [0.717, 1.165) is 23.7 Å². The largest absolute Gasteiger partial charge is 0.349 e. The van der Waals surface area contributed by atoms with Gasteiger partial charge in [0.2, 0.25) is 5.91 Å². The molecule has 0 bridgehead atoms. The molecular weight excluding hydrogens is 278 g/mol. The number of carbonyl (C=O) groups is 1. The van der Waals surface area contributed by atoms with Crippen molar-refractivity contribution in [3.63, 3.8) is 0 Å². The van der Waals surface area contributed by atoms with E-state index in [1.54, 1.807) is 0 Å². The normalized spacial score (nSPS) is 17.6. The Balaban J connectivity index is 2.13. The van der Waals surface area contributed by atoms with Gasteiger partial charge < -0.3 is 5.32 Å². The van der Waals surface area contributed by atoms with Crippen molar-refractivity contribution in [2.24, 2.45) is 0 Å². The smallest absolute Gasteiger partial charge is 0.230 e. The van der Waals surface area contributed by atoms with E-state index >= 15 is 0 Å². The summed E-state index contributed by atoms with van der Waals surface area (Å²) in [5, 5.41) is 4.01. The molecule has 0 unspecified atom stereocenters. The van der Waals surface area contributed by atoms with Crippen LogP contribution in [0.15, 0.2) is 30.3 Å². The van der Waals surface area contributed by atoms with Crippen LogP contribution in [0, 0.1) is 0 Å². The molecule has 2 rings (SSSR count). The second kappa shape index (κ2) is 4.45. The zero-order valence-corrected chi connectivity index (χ0v) is 11.9. The Morgan fingerprint density at radius 3 is 2.41 bits per heavy atom. The lowest BCUT2D eigenvalue weighted by Gasteiger charge is -2.27. The Morgan fingerprint density at radius 2 is 1.94 bits per heavy atom.